The summed E-state index contributed by atoms with van der Waals surface area (Å²) in [5.41, 5.74) is 5.84. The molecule has 0 saturated carbocycles. The van der Waals surface area contributed by atoms with Crippen molar-refractivity contribution in [2.75, 3.05) is 21.3 Å². The number of methoxy groups -OCH3 is 3. The summed E-state index contributed by atoms with van der Waals surface area (Å²) in [6.45, 7) is 0. The molecule has 0 aromatic heterocycles. The van der Waals surface area contributed by atoms with Gasteiger partial charge in [-0.1, -0.05) is 40.2 Å². The lowest BCUT2D eigenvalue weighted by atomic mass is 9.96. The van der Waals surface area contributed by atoms with Gasteiger partial charge in [-0.15, -0.1) is 0 Å². The Morgan fingerprint density at radius 3 is 2.00 bits per heavy atom. The molecular formula is C31H29BrO5. The highest BCUT2D eigenvalue weighted by molar-refractivity contribution is 9.08. The molecule has 0 aliphatic heterocycles. The molecular weight excluding hydrogens is 532 g/mol. The van der Waals surface area contributed by atoms with Crippen LogP contribution in [0.4, 0.5) is 0 Å². The number of benzene rings is 4. The van der Waals surface area contributed by atoms with Gasteiger partial charge in [-0.3, -0.25) is 4.79 Å². The maximum absolute atomic E-state index is 11.2. The molecule has 0 spiro atoms. The highest BCUT2D eigenvalue weighted by Crippen LogP contribution is 2.38. The summed E-state index contributed by atoms with van der Waals surface area (Å²) >= 11 is 3.55. The molecule has 0 N–H and O–H groups in total. The first kappa shape index (κ1) is 26.3. The molecule has 4 aromatic rings. The fourth-order valence-electron chi connectivity index (χ4n) is 4.20. The van der Waals surface area contributed by atoms with Crippen molar-refractivity contribution in [3.63, 3.8) is 0 Å². The monoisotopic (exact) mass is 560 g/mol. The van der Waals surface area contributed by atoms with Gasteiger partial charge in [0, 0.05) is 22.0 Å². The van der Waals surface area contributed by atoms with Crippen LogP contribution in [0.2, 0.25) is 0 Å². The first-order valence-electron chi connectivity index (χ1n) is 11.9. The van der Waals surface area contributed by atoms with Gasteiger partial charge >= 0.3 is 0 Å². The van der Waals surface area contributed by atoms with E-state index < -0.39 is 0 Å². The minimum absolute atomic E-state index is 0.567. The Kier molecular flexibility index (Phi) is 8.86. The van der Waals surface area contributed by atoms with Crippen molar-refractivity contribution >= 4 is 22.2 Å². The van der Waals surface area contributed by atoms with Crippen molar-refractivity contribution in [3.05, 3.63) is 101 Å². The summed E-state index contributed by atoms with van der Waals surface area (Å²) in [7, 11) is 5.01. The Morgan fingerprint density at radius 2 is 1.35 bits per heavy atom. The van der Waals surface area contributed by atoms with Gasteiger partial charge in [0.05, 0.1) is 21.3 Å². The van der Waals surface area contributed by atoms with Crippen molar-refractivity contribution in [2.45, 2.75) is 18.2 Å². The van der Waals surface area contributed by atoms with Crippen LogP contribution in [0.5, 0.6) is 28.7 Å². The zero-order valence-corrected chi connectivity index (χ0v) is 22.7. The Bertz CT molecular complexity index is 1380. The van der Waals surface area contributed by atoms with Gasteiger partial charge in [-0.25, -0.2) is 0 Å². The molecule has 190 valence electrons. The predicted octanol–water partition coefficient (Wildman–Crippen LogP) is 7.66. The molecule has 0 unspecified atom stereocenters. The van der Waals surface area contributed by atoms with Crippen LogP contribution in [0, 0.1) is 0 Å². The van der Waals surface area contributed by atoms with Crippen LogP contribution in [0.3, 0.4) is 0 Å². The third-order valence-electron chi connectivity index (χ3n) is 6.14. The Morgan fingerprint density at radius 1 is 0.676 bits per heavy atom. The molecule has 4 rings (SSSR count). The number of aldehydes is 1. The SMILES string of the molecule is COc1ccc(Oc2cccc(C=O)c2)c(CCc2ccc(OC)c(-c3cc(CBr)ccc3OC)c2)c1. The normalized spacial score (nSPS) is 10.6. The summed E-state index contributed by atoms with van der Waals surface area (Å²) in [6.07, 6.45) is 2.31. The van der Waals surface area contributed by atoms with Crippen molar-refractivity contribution in [1.82, 2.24) is 0 Å². The lowest BCUT2D eigenvalue weighted by Crippen LogP contribution is -1.99. The number of carbonyl (C=O) groups excluding carboxylic acids is 1. The first-order valence-corrected chi connectivity index (χ1v) is 13.0. The summed E-state index contributed by atoms with van der Waals surface area (Å²) < 4.78 is 23.0. The van der Waals surface area contributed by atoms with E-state index in [2.05, 4.69) is 34.1 Å². The molecule has 0 amide bonds. The molecule has 0 aliphatic carbocycles. The Labute approximate surface area is 226 Å². The minimum Gasteiger partial charge on any atom is -0.497 e. The van der Waals surface area contributed by atoms with E-state index >= 15 is 0 Å². The van der Waals surface area contributed by atoms with Crippen LogP contribution in [0.25, 0.3) is 11.1 Å². The average Bonchev–Trinajstić information content (AvgIpc) is 2.96. The van der Waals surface area contributed by atoms with E-state index in [1.807, 2.05) is 42.5 Å². The molecule has 0 bridgehead atoms. The van der Waals surface area contributed by atoms with Crippen LogP contribution in [0.15, 0.2) is 78.9 Å². The third kappa shape index (κ3) is 6.33. The van der Waals surface area contributed by atoms with E-state index in [0.717, 1.165) is 75.3 Å². The maximum atomic E-state index is 11.2. The van der Waals surface area contributed by atoms with Crippen molar-refractivity contribution in [2.24, 2.45) is 0 Å². The second-order valence-electron chi connectivity index (χ2n) is 8.47. The molecule has 6 heteroatoms. The summed E-state index contributed by atoms with van der Waals surface area (Å²) in [5.74, 6) is 3.68. The van der Waals surface area contributed by atoms with Crippen molar-refractivity contribution < 1.29 is 23.7 Å². The minimum atomic E-state index is 0.567. The van der Waals surface area contributed by atoms with E-state index in [4.69, 9.17) is 18.9 Å². The lowest BCUT2D eigenvalue weighted by molar-refractivity contribution is 0.112. The quantitative estimate of drug-likeness (QED) is 0.139. The second kappa shape index (κ2) is 12.5. The number of carbonyl (C=O) groups is 1. The molecule has 0 heterocycles. The van der Waals surface area contributed by atoms with Gasteiger partial charge in [0.15, 0.2) is 0 Å². The van der Waals surface area contributed by atoms with E-state index in [1.54, 1.807) is 39.5 Å². The molecule has 0 atom stereocenters. The molecule has 4 aromatic carbocycles. The van der Waals surface area contributed by atoms with E-state index in [9.17, 15) is 4.79 Å². The Hall–Kier alpha value is -3.77. The van der Waals surface area contributed by atoms with E-state index in [-0.39, 0.29) is 0 Å². The van der Waals surface area contributed by atoms with Gasteiger partial charge in [-0.05, 0) is 84.1 Å². The van der Waals surface area contributed by atoms with E-state index in [1.165, 1.54) is 0 Å². The molecule has 37 heavy (non-hydrogen) atoms. The number of hydrogen-bond donors (Lipinski definition) is 0. The number of rotatable bonds is 11. The first-order chi connectivity index (χ1) is 18.1. The smallest absolute Gasteiger partial charge is 0.150 e. The number of alkyl halides is 1. The van der Waals surface area contributed by atoms with Crippen LogP contribution in [-0.2, 0) is 18.2 Å². The largest absolute Gasteiger partial charge is 0.497 e. The molecule has 0 radical (unpaired) electrons. The van der Waals surface area contributed by atoms with Gasteiger partial charge in [0.1, 0.15) is 35.0 Å². The number of ether oxygens (including phenoxy) is 4. The van der Waals surface area contributed by atoms with Crippen molar-refractivity contribution in [3.8, 4) is 39.9 Å². The average molecular weight is 561 g/mol. The summed E-state index contributed by atoms with van der Waals surface area (Å²) in [4.78, 5) is 11.2. The Balaban J connectivity index is 1.64. The zero-order valence-electron chi connectivity index (χ0n) is 21.1. The lowest BCUT2D eigenvalue weighted by Gasteiger charge is -2.16. The van der Waals surface area contributed by atoms with Gasteiger partial charge in [0.25, 0.3) is 0 Å². The molecule has 0 fully saturated rings. The van der Waals surface area contributed by atoms with Crippen molar-refractivity contribution in [1.29, 1.82) is 0 Å². The summed E-state index contributed by atoms with van der Waals surface area (Å²) in [5, 5.41) is 0.750. The zero-order chi connectivity index (χ0) is 26.2. The number of halogens is 1. The number of hydrogen-bond acceptors (Lipinski definition) is 5. The van der Waals surface area contributed by atoms with Crippen LogP contribution in [-0.4, -0.2) is 27.6 Å². The predicted molar refractivity (Wildman–Crippen MR) is 150 cm³/mol. The number of aryl methyl sites for hydroxylation is 2. The standard InChI is InChI=1S/C31H29BrO5/c1-34-25-11-14-29(37-26-6-4-5-23(15-26)20-33)24(18-25)10-7-21-8-12-30(35-2)27(16-21)28-17-22(19-32)9-13-31(28)36-3/h4-6,8-9,11-18,20H,7,10,19H2,1-3H3. The van der Waals surface area contributed by atoms with E-state index in [0.29, 0.717) is 11.3 Å². The summed E-state index contributed by atoms with van der Waals surface area (Å²) in [6, 6.07) is 25.3. The topological polar surface area (TPSA) is 54.0 Å². The fraction of sp³-hybridized carbons (Fsp3) is 0.194. The molecule has 0 aliphatic rings. The highest BCUT2D eigenvalue weighted by atomic mass is 79.9. The molecule has 5 nitrogen and oxygen atoms in total. The van der Waals surface area contributed by atoms with Gasteiger partial charge < -0.3 is 18.9 Å². The van der Waals surface area contributed by atoms with Crippen LogP contribution in [0.1, 0.15) is 27.0 Å². The third-order valence-corrected chi connectivity index (χ3v) is 6.79. The van der Waals surface area contributed by atoms with Crippen LogP contribution < -0.4 is 18.9 Å². The van der Waals surface area contributed by atoms with Gasteiger partial charge in [-0.2, -0.15) is 0 Å². The maximum Gasteiger partial charge on any atom is 0.150 e. The highest BCUT2D eigenvalue weighted by Gasteiger charge is 2.14. The van der Waals surface area contributed by atoms with Gasteiger partial charge in [0.2, 0.25) is 0 Å². The fourth-order valence-corrected chi connectivity index (χ4v) is 4.55. The van der Waals surface area contributed by atoms with Crippen LogP contribution >= 0.6 is 15.9 Å². The molecule has 0 saturated heterocycles. The second-order valence-corrected chi connectivity index (χ2v) is 9.03.